The molecule has 0 unspecified atom stereocenters. The molecule has 0 aromatic carbocycles. The Morgan fingerprint density at radius 1 is 0.846 bits per heavy atom. The predicted molar refractivity (Wildman–Crippen MR) is 67.3 cm³/mol. The molecule has 0 spiro atoms. The van der Waals surface area contributed by atoms with Crippen molar-refractivity contribution in [1.29, 1.82) is 0 Å². The molecule has 0 N–H and O–H groups in total. The fourth-order valence-electron chi connectivity index (χ4n) is 0. The SMILES string of the molecule is CN(C)C(=S)[S-].CN(C)C(=S)[S-].[Mn+2]. The zero-order valence-electron chi connectivity index (χ0n) is 7.91. The van der Waals surface area contributed by atoms with Crippen LogP contribution in [0.25, 0.3) is 0 Å². The van der Waals surface area contributed by atoms with Gasteiger partial charge < -0.3 is 59.5 Å². The van der Waals surface area contributed by atoms with Crippen LogP contribution in [0.1, 0.15) is 0 Å². The van der Waals surface area contributed by atoms with E-state index in [1.165, 1.54) is 0 Å². The zero-order valence-corrected chi connectivity index (χ0v) is 12.4. The molecule has 0 aromatic rings. The quantitative estimate of drug-likeness (QED) is 0.367. The molecule has 0 amide bonds. The molecule has 0 aromatic heterocycles. The summed E-state index contributed by atoms with van der Waals surface area (Å²) in [5.74, 6) is 0. The van der Waals surface area contributed by atoms with Gasteiger partial charge in [0.15, 0.2) is 0 Å². The van der Waals surface area contributed by atoms with Crippen molar-refractivity contribution in [2.45, 2.75) is 0 Å². The van der Waals surface area contributed by atoms with Crippen molar-refractivity contribution < 1.29 is 17.1 Å². The number of hydrogen-bond donors (Lipinski definition) is 0. The van der Waals surface area contributed by atoms with Crippen LogP contribution in [0.3, 0.4) is 0 Å². The van der Waals surface area contributed by atoms with E-state index in [-0.39, 0.29) is 17.1 Å². The van der Waals surface area contributed by atoms with E-state index in [9.17, 15) is 0 Å². The molecule has 0 fully saturated rings. The van der Waals surface area contributed by atoms with E-state index in [2.05, 4.69) is 49.7 Å². The molecular formula is C6H12MnN2S4. The van der Waals surface area contributed by atoms with E-state index in [1.807, 2.05) is 28.2 Å². The Morgan fingerprint density at radius 3 is 0.923 bits per heavy atom. The average molecular weight is 295 g/mol. The largest absolute Gasteiger partial charge is 2.00 e. The van der Waals surface area contributed by atoms with Gasteiger partial charge in [0.2, 0.25) is 0 Å². The molecule has 7 heteroatoms. The molecular weight excluding hydrogens is 283 g/mol. The van der Waals surface area contributed by atoms with Gasteiger partial charge in [0.1, 0.15) is 0 Å². The molecule has 0 aliphatic carbocycles. The Bertz CT molecular complexity index is 143. The van der Waals surface area contributed by atoms with Gasteiger partial charge in [-0.15, -0.1) is 0 Å². The van der Waals surface area contributed by atoms with Crippen molar-refractivity contribution in [3.05, 3.63) is 0 Å². The molecule has 0 aliphatic heterocycles. The van der Waals surface area contributed by atoms with Gasteiger partial charge in [-0.25, -0.2) is 0 Å². The zero-order chi connectivity index (χ0) is 10.3. The van der Waals surface area contributed by atoms with Gasteiger partial charge in [-0.05, 0) is 0 Å². The topological polar surface area (TPSA) is 6.48 Å². The first-order chi connectivity index (χ1) is 5.29. The standard InChI is InChI=1S/2C3H7NS2.Mn/c2*1-4(2)3(5)6;/h2*1-2H3,(H,5,6);/q;;+2/p-2. The van der Waals surface area contributed by atoms with Gasteiger partial charge in [-0.3, -0.25) is 0 Å². The van der Waals surface area contributed by atoms with Gasteiger partial charge in [-0.2, -0.15) is 0 Å². The van der Waals surface area contributed by atoms with Crippen LogP contribution < -0.4 is 0 Å². The summed E-state index contributed by atoms with van der Waals surface area (Å²) >= 11 is 18.2. The maximum absolute atomic E-state index is 4.56. The van der Waals surface area contributed by atoms with Crippen LogP contribution in [0.15, 0.2) is 0 Å². The molecule has 0 saturated carbocycles. The van der Waals surface area contributed by atoms with Crippen LogP contribution in [0, 0.1) is 0 Å². The second-order valence-electron chi connectivity index (χ2n) is 2.32. The first-order valence-corrected chi connectivity index (χ1v) is 4.69. The van der Waals surface area contributed by atoms with Crippen molar-refractivity contribution in [3.8, 4) is 0 Å². The molecule has 0 aliphatic rings. The van der Waals surface area contributed by atoms with Crippen LogP contribution in [0.2, 0.25) is 0 Å². The number of rotatable bonds is 0. The maximum Gasteiger partial charge on any atom is 2.00 e. The summed E-state index contributed by atoms with van der Waals surface area (Å²) < 4.78 is 1.02. The summed E-state index contributed by atoms with van der Waals surface area (Å²) in [4.78, 5) is 3.43. The molecule has 0 atom stereocenters. The van der Waals surface area contributed by atoms with E-state index >= 15 is 0 Å². The molecule has 13 heavy (non-hydrogen) atoms. The second-order valence-corrected chi connectivity index (χ2v) is 4.38. The van der Waals surface area contributed by atoms with Crippen LogP contribution in [-0.4, -0.2) is 46.6 Å². The first-order valence-electron chi connectivity index (χ1n) is 3.05. The Hall–Kier alpha value is 0.739. The fourth-order valence-corrected chi connectivity index (χ4v) is 0. The molecule has 0 bridgehead atoms. The number of hydrogen-bond acceptors (Lipinski definition) is 4. The Balaban J connectivity index is -0.000000143. The van der Waals surface area contributed by atoms with Crippen LogP contribution in [0.5, 0.6) is 0 Å². The molecule has 2 nitrogen and oxygen atoms in total. The minimum atomic E-state index is 0. The average Bonchev–Trinajstić information content (AvgIpc) is 1.88. The number of thiocarbonyl (C=S) groups is 2. The van der Waals surface area contributed by atoms with E-state index in [1.54, 1.807) is 9.80 Å². The molecule has 0 rings (SSSR count). The fraction of sp³-hybridized carbons (Fsp3) is 0.667. The van der Waals surface area contributed by atoms with Gasteiger partial charge >= 0.3 is 17.1 Å². The minimum Gasteiger partial charge on any atom is -0.411 e. The summed E-state index contributed by atoms with van der Waals surface area (Å²) in [5.41, 5.74) is 0. The van der Waals surface area contributed by atoms with E-state index in [0.29, 0.717) is 8.64 Å². The second kappa shape index (κ2) is 10.8. The maximum atomic E-state index is 4.56. The molecule has 1 radical (unpaired) electrons. The predicted octanol–water partition coefficient (Wildman–Crippen LogP) is 0.757. The smallest absolute Gasteiger partial charge is 0.411 e. The van der Waals surface area contributed by atoms with E-state index in [4.69, 9.17) is 0 Å². The molecule has 0 heterocycles. The summed E-state index contributed by atoms with van der Waals surface area (Å²) in [6.45, 7) is 0. The van der Waals surface area contributed by atoms with E-state index < -0.39 is 0 Å². The summed E-state index contributed by atoms with van der Waals surface area (Å²) in [5, 5.41) is 0. The number of nitrogens with zero attached hydrogens (tertiary/aromatic N) is 2. The van der Waals surface area contributed by atoms with Crippen molar-refractivity contribution in [3.63, 3.8) is 0 Å². The third-order valence-corrected chi connectivity index (χ3v) is 2.19. The van der Waals surface area contributed by atoms with Crippen molar-refractivity contribution in [1.82, 2.24) is 9.80 Å². The summed E-state index contributed by atoms with van der Waals surface area (Å²) in [6, 6.07) is 0. The third kappa shape index (κ3) is 19.2. The Morgan fingerprint density at radius 2 is 0.923 bits per heavy atom. The van der Waals surface area contributed by atoms with Crippen molar-refractivity contribution in [2.75, 3.05) is 28.2 Å². The van der Waals surface area contributed by atoms with Crippen LogP contribution in [-0.2, 0) is 42.3 Å². The van der Waals surface area contributed by atoms with Gasteiger partial charge in [0.25, 0.3) is 0 Å². The monoisotopic (exact) mass is 295 g/mol. The third-order valence-electron chi connectivity index (χ3n) is 0.730. The van der Waals surface area contributed by atoms with E-state index in [0.717, 1.165) is 0 Å². The Labute approximate surface area is 113 Å². The van der Waals surface area contributed by atoms with Crippen molar-refractivity contribution >= 4 is 58.3 Å². The van der Waals surface area contributed by atoms with Crippen LogP contribution in [0.4, 0.5) is 0 Å². The Kier molecular flexibility index (Phi) is 16.1. The normalized spacial score (nSPS) is 7.08. The van der Waals surface area contributed by atoms with Gasteiger partial charge in [0.05, 0.1) is 0 Å². The summed E-state index contributed by atoms with van der Waals surface area (Å²) in [6.07, 6.45) is 0. The minimum absolute atomic E-state index is 0. The van der Waals surface area contributed by atoms with Crippen molar-refractivity contribution in [2.24, 2.45) is 0 Å². The first kappa shape index (κ1) is 19.3. The molecule has 0 saturated heterocycles. The summed E-state index contributed by atoms with van der Waals surface area (Å²) in [7, 11) is 7.31. The van der Waals surface area contributed by atoms with Gasteiger partial charge in [-0.1, -0.05) is 8.64 Å². The molecule has 77 valence electrons. The van der Waals surface area contributed by atoms with Crippen LogP contribution >= 0.6 is 24.4 Å². The van der Waals surface area contributed by atoms with Gasteiger partial charge in [0, 0.05) is 28.2 Å².